The summed E-state index contributed by atoms with van der Waals surface area (Å²) in [6.07, 6.45) is 0. The van der Waals surface area contributed by atoms with E-state index in [4.69, 9.17) is 0 Å². The molecule has 0 unspecified atom stereocenters. The molecule has 174 valence electrons. The van der Waals surface area contributed by atoms with E-state index in [-0.39, 0.29) is 0 Å². The highest BCUT2D eigenvalue weighted by Crippen LogP contribution is 2.66. The molecule has 8 heteroatoms. The molecule has 0 amide bonds. The number of thioether (sulfide) groups is 8. The lowest BCUT2D eigenvalue weighted by atomic mass is 9.90. The fourth-order valence-corrected chi connectivity index (χ4v) is 16.2. The van der Waals surface area contributed by atoms with Gasteiger partial charge >= 0.3 is 0 Å². The molecule has 0 spiro atoms. The van der Waals surface area contributed by atoms with Crippen molar-refractivity contribution in [3.05, 3.63) is 96.2 Å². The van der Waals surface area contributed by atoms with Crippen molar-refractivity contribution in [2.45, 2.75) is 13.8 Å². The fraction of sp³-hybridized carbons (Fsp3) is 0.231. The monoisotopic (exact) mass is 590 g/mol. The maximum absolute atomic E-state index is 2.33. The molecular formula is C26H22S8. The smallest absolute Gasteiger partial charge is 0.0660 e. The Balaban J connectivity index is 1.58. The van der Waals surface area contributed by atoms with Crippen LogP contribution >= 0.6 is 94.1 Å². The predicted octanol–water partition coefficient (Wildman–Crippen LogP) is 10.5. The van der Waals surface area contributed by atoms with Gasteiger partial charge in [-0.1, -0.05) is 95.6 Å². The summed E-state index contributed by atoms with van der Waals surface area (Å²) in [4.78, 5) is 0. The average Bonchev–Trinajstić information content (AvgIpc) is 3.48. The number of benzene rings is 2. The van der Waals surface area contributed by atoms with E-state index in [1.54, 1.807) is 0 Å². The van der Waals surface area contributed by atoms with Crippen LogP contribution in [0.2, 0.25) is 0 Å². The van der Waals surface area contributed by atoms with E-state index >= 15 is 0 Å². The highest BCUT2D eigenvalue weighted by Gasteiger charge is 2.34. The van der Waals surface area contributed by atoms with E-state index in [9.17, 15) is 0 Å². The van der Waals surface area contributed by atoms with Crippen molar-refractivity contribution in [1.29, 1.82) is 0 Å². The van der Waals surface area contributed by atoms with Gasteiger partial charge in [-0.2, -0.15) is 0 Å². The maximum atomic E-state index is 2.33. The van der Waals surface area contributed by atoms with Gasteiger partial charge < -0.3 is 0 Å². The van der Waals surface area contributed by atoms with Gasteiger partial charge in [-0.3, -0.25) is 0 Å². The Hall–Kier alpha value is 0.200. The zero-order chi connectivity index (χ0) is 23.1. The Morgan fingerprint density at radius 2 is 0.824 bits per heavy atom. The lowest BCUT2D eigenvalue weighted by Crippen LogP contribution is -1.99. The summed E-state index contributed by atoms with van der Waals surface area (Å²) in [5, 5.41) is 0. The van der Waals surface area contributed by atoms with Crippen molar-refractivity contribution < 1.29 is 0 Å². The van der Waals surface area contributed by atoms with Crippen LogP contribution in [0.3, 0.4) is 0 Å². The molecule has 0 N–H and O–H groups in total. The summed E-state index contributed by atoms with van der Waals surface area (Å²) in [5.41, 5.74) is 8.26. The second-order valence-electron chi connectivity index (χ2n) is 7.91. The molecule has 34 heavy (non-hydrogen) atoms. The summed E-state index contributed by atoms with van der Waals surface area (Å²) < 4.78 is 8.91. The highest BCUT2D eigenvalue weighted by atomic mass is 32.3. The molecule has 0 saturated heterocycles. The Kier molecular flexibility index (Phi) is 7.86. The van der Waals surface area contributed by atoms with E-state index in [1.165, 1.54) is 81.8 Å². The van der Waals surface area contributed by atoms with Crippen LogP contribution < -0.4 is 0 Å². The van der Waals surface area contributed by atoms with Gasteiger partial charge in [-0.15, -0.1) is 47.0 Å². The largest absolute Gasteiger partial charge is 0.116 e. The molecule has 2 aromatic carbocycles. The van der Waals surface area contributed by atoms with Gasteiger partial charge in [0.1, 0.15) is 0 Å². The number of rotatable bonds is 3. The SMILES string of the molecule is Cc1ccccc1C(=C1SC2=C(SCCS2)S1)C(=C1SC2=C(SCCS2)S1)c1ccccc1C. The third-order valence-electron chi connectivity index (χ3n) is 5.66. The summed E-state index contributed by atoms with van der Waals surface area (Å²) in [6, 6.07) is 17.9. The molecule has 0 nitrogen and oxygen atoms in total. The molecule has 0 atom stereocenters. The normalized spacial score (nSPS) is 20.1. The number of allylic oxidation sites excluding steroid dienone is 2. The first kappa shape index (κ1) is 24.5. The molecule has 0 aliphatic carbocycles. The minimum Gasteiger partial charge on any atom is -0.116 e. The molecule has 4 aliphatic rings. The summed E-state index contributed by atoms with van der Waals surface area (Å²) in [5.74, 6) is 4.86. The topological polar surface area (TPSA) is 0 Å². The van der Waals surface area contributed by atoms with Crippen molar-refractivity contribution in [3.63, 3.8) is 0 Å². The van der Waals surface area contributed by atoms with Gasteiger partial charge in [-0.05, 0) is 36.1 Å². The van der Waals surface area contributed by atoms with Gasteiger partial charge in [-0.25, -0.2) is 0 Å². The molecule has 2 aromatic rings. The number of hydrogen-bond acceptors (Lipinski definition) is 8. The third kappa shape index (κ3) is 4.87. The average molecular weight is 591 g/mol. The van der Waals surface area contributed by atoms with Crippen molar-refractivity contribution in [1.82, 2.24) is 0 Å². The molecule has 0 fully saturated rings. The maximum Gasteiger partial charge on any atom is 0.0660 e. The van der Waals surface area contributed by atoms with E-state index in [0.717, 1.165) is 0 Å². The fourth-order valence-electron chi connectivity index (χ4n) is 4.04. The van der Waals surface area contributed by atoms with Crippen LogP contribution in [0, 0.1) is 13.8 Å². The lowest BCUT2D eigenvalue weighted by Gasteiger charge is -2.21. The first-order chi connectivity index (χ1) is 16.7. The quantitative estimate of drug-likeness (QED) is 0.342. The summed E-state index contributed by atoms with van der Waals surface area (Å²) in [6.45, 7) is 4.53. The van der Waals surface area contributed by atoms with Crippen LogP contribution in [0.15, 0.2) is 74.0 Å². The molecule has 0 radical (unpaired) electrons. The number of aryl methyl sites for hydroxylation is 2. The van der Waals surface area contributed by atoms with Gasteiger partial charge in [0.2, 0.25) is 0 Å². The van der Waals surface area contributed by atoms with E-state index < -0.39 is 0 Å². The summed E-state index contributed by atoms with van der Waals surface area (Å²) >= 11 is 16.2. The second-order valence-corrected chi connectivity index (χ2v) is 18.0. The zero-order valence-electron chi connectivity index (χ0n) is 18.7. The van der Waals surface area contributed by atoms with Crippen LogP contribution in [0.1, 0.15) is 22.3 Å². The van der Waals surface area contributed by atoms with E-state index in [1.807, 2.05) is 94.1 Å². The predicted molar refractivity (Wildman–Crippen MR) is 170 cm³/mol. The van der Waals surface area contributed by atoms with Gasteiger partial charge in [0.15, 0.2) is 0 Å². The molecule has 6 rings (SSSR count). The van der Waals surface area contributed by atoms with Gasteiger partial charge in [0.25, 0.3) is 0 Å². The van der Waals surface area contributed by atoms with Crippen molar-refractivity contribution in [2.75, 3.05) is 23.0 Å². The Morgan fingerprint density at radius 1 is 0.500 bits per heavy atom. The zero-order valence-corrected chi connectivity index (χ0v) is 25.2. The summed E-state index contributed by atoms with van der Waals surface area (Å²) in [7, 11) is 0. The molecule has 0 saturated carbocycles. The number of hydrogen-bond donors (Lipinski definition) is 0. The molecular weight excluding hydrogens is 569 g/mol. The molecule has 4 heterocycles. The highest BCUT2D eigenvalue weighted by molar-refractivity contribution is 8.42. The van der Waals surface area contributed by atoms with Crippen molar-refractivity contribution in [3.8, 4) is 0 Å². The van der Waals surface area contributed by atoms with Gasteiger partial charge in [0, 0.05) is 34.2 Å². The minimum absolute atomic E-state index is 1.21. The standard InChI is InChI=1S/C26H22S8/c1-15-7-3-5-9-17(15)19(21-31-23-24(32-21)28-12-11-27-23)20(18-10-6-4-8-16(18)2)22-33-25-26(34-22)30-14-13-29-25/h3-10H,11-14H2,1-2H3. The second kappa shape index (κ2) is 10.9. The Bertz CT molecular complexity index is 1140. The van der Waals surface area contributed by atoms with Crippen LogP contribution in [-0.2, 0) is 0 Å². The van der Waals surface area contributed by atoms with Gasteiger partial charge in [0.05, 0.1) is 25.4 Å². The van der Waals surface area contributed by atoms with Crippen molar-refractivity contribution in [2.24, 2.45) is 0 Å². The Labute approximate surface area is 236 Å². The van der Waals surface area contributed by atoms with Crippen LogP contribution in [0.25, 0.3) is 11.1 Å². The lowest BCUT2D eigenvalue weighted by molar-refractivity contribution is 1.41. The first-order valence-electron chi connectivity index (χ1n) is 11.0. The van der Waals surface area contributed by atoms with Crippen LogP contribution in [0.4, 0.5) is 0 Å². The van der Waals surface area contributed by atoms with E-state index in [0.29, 0.717) is 0 Å². The minimum atomic E-state index is 1.21. The molecule has 0 bridgehead atoms. The van der Waals surface area contributed by atoms with E-state index in [2.05, 4.69) is 62.4 Å². The third-order valence-corrected chi connectivity index (χ3v) is 17.2. The van der Waals surface area contributed by atoms with Crippen molar-refractivity contribution >= 4 is 105 Å². The first-order valence-corrected chi connectivity index (χ1v) is 18.2. The van der Waals surface area contributed by atoms with Crippen LogP contribution in [0.5, 0.6) is 0 Å². The Morgan fingerprint density at radius 3 is 1.15 bits per heavy atom. The van der Waals surface area contributed by atoms with Crippen LogP contribution in [-0.4, -0.2) is 23.0 Å². The molecule has 4 aliphatic heterocycles. The molecule has 0 aromatic heterocycles.